The number of hydrogen-bond donors (Lipinski definition) is 1. The highest BCUT2D eigenvalue weighted by molar-refractivity contribution is 6.04. The molecule has 9 nitrogen and oxygen atoms in total. The largest absolute Gasteiger partial charge is 0.486 e. The summed E-state index contributed by atoms with van der Waals surface area (Å²) in [6, 6.07) is 15.1. The lowest BCUT2D eigenvalue weighted by Crippen LogP contribution is -2.12. The molecule has 0 saturated heterocycles. The first-order valence-electron chi connectivity index (χ1n) is 8.42. The van der Waals surface area contributed by atoms with Gasteiger partial charge in [0.15, 0.2) is 0 Å². The number of furan rings is 1. The van der Waals surface area contributed by atoms with Gasteiger partial charge in [-0.25, -0.2) is 4.79 Å². The maximum atomic E-state index is 12.3. The Morgan fingerprint density at radius 3 is 2.55 bits per heavy atom. The predicted molar refractivity (Wildman–Crippen MR) is 102 cm³/mol. The standard InChI is InChI=1S/C20H16N2O7/c1-27-20(24)18-10-9-17(29-18)12-28-16-7-5-14(6-8-16)21-19(23)13-3-2-4-15(11-13)22(25)26/h2-11H,12H2,1H3,(H,21,23). The van der Waals surface area contributed by atoms with Gasteiger partial charge < -0.3 is 19.2 Å². The summed E-state index contributed by atoms with van der Waals surface area (Å²) in [5, 5.41) is 13.5. The zero-order valence-corrected chi connectivity index (χ0v) is 15.3. The molecule has 1 aromatic heterocycles. The molecule has 0 bridgehead atoms. The molecular weight excluding hydrogens is 380 g/mol. The predicted octanol–water partition coefficient (Wildman–Crippen LogP) is 3.81. The molecule has 0 fully saturated rings. The van der Waals surface area contributed by atoms with Gasteiger partial charge in [-0.1, -0.05) is 6.07 Å². The summed E-state index contributed by atoms with van der Waals surface area (Å²) >= 11 is 0. The zero-order valence-electron chi connectivity index (χ0n) is 15.3. The van der Waals surface area contributed by atoms with Crippen molar-refractivity contribution in [1.29, 1.82) is 0 Å². The van der Waals surface area contributed by atoms with E-state index in [1.807, 2.05) is 0 Å². The van der Waals surface area contributed by atoms with Crippen LogP contribution in [0.15, 0.2) is 65.1 Å². The van der Waals surface area contributed by atoms with Crippen LogP contribution < -0.4 is 10.1 Å². The van der Waals surface area contributed by atoms with Crippen molar-refractivity contribution in [1.82, 2.24) is 0 Å². The highest BCUT2D eigenvalue weighted by Crippen LogP contribution is 2.20. The van der Waals surface area contributed by atoms with Crippen molar-refractivity contribution in [3.8, 4) is 5.75 Å². The number of rotatable bonds is 7. The minimum absolute atomic E-state index is 0.0882. The second-order valence-electron chi connectivity index (χ2n) is 5.83. The number of methoxy groups -OCH3 is 1. The van der Waals surface area contributed by atoms with Gasteiger partial charge in [-0.3, -0.25) is 14.9 Å². The third-order valence-electron chi connectivity index (χ3n) is 3.86. The average molecular weight is 396 g/mol. The van der Waals surface area contributed by atoms with Crippen LogP contribution in [0.2, 0.25) is 0 Å². The fourth-order valence-corrected chi connectivity index (χ4v) is 2.42. The highest BCUT2D eigenvalue weighted by Gasteiger charge is 2.13. The summed E-state index contributed by atoms with van der Waals surface area (Å²) in [6.07, 6.45) is 0. The van der Waals surface area contributed by atoms with Crippen LogP contribution in [-0.2, 0) is 11.3 Å². The summed E-state index contributed by atoms with van der Waals surface area (Å²) in [7, 11) is 1.26. The molecule has 0 aliphatic heterocycles. The van der Waals surface area contributed by atoms with E-state index < -0.39 is 16.8 Å². The van der Waals surface area contributed by atoms with Gasteiger partial charge in [0.2, 0.25) is 5.76 Å². The molecule has 0 aliphatic carbocycles. The first-order chi connectivity index (χ1) is 14.0. The molecule has 2 aromatic carbocycles. The van der Waals surface area contributed by atoms with Crippen molar-refractivity contribution in [3.05, 3.63) is 87.9 Å². The van der Waals surface area contributed by atoms with Gasteiger partial charge in [0, 0.05) is 23.4 Å². The molecule has 0 atom stereocenters. The van der Waals surface area contributed by atoms with Crippen LogP contribution in [-0.4, -0.2) is 23.9 Å². The number of carbonyl (C=O) groups is 2. The van der Waals surface area contributed by atoms with Crippen LogP contribution in [0.3, 0.4) is 0 Å². The Bertz CT molecular complexity index is 1040. The van der Waals surface area contributed by atoms with Crippen molar-refractivity contribution in [2.45, 2.75) is 6.61 Å². The molecule has 3 aromatic rings. The molecule has 1 heterocycles. The molecule has 0 saturated carbocycles. The minimum Gasteiger partial charge on any atom is -0.486 e. The summed E-state index contributed by atoms with van der Waals surface area (Å²) in [4.78, 5) is 33.9. The Labute approximate surface area is 165 Å². The van der Waals surface area contributed by atoms with E-state index >= 15 is 0 Å². The number of benzene rings is 2. The molecule has 0 spiro atoms. The molecule has 1 N–H and O–H groups in total. The smallest absolute Gasteiger partial charge is 0.373 e. The Hall–Kier alpha value is -4.14. The monoisotopic (exact) mass is 396 g/mol. The van der Waals surface area contributed by atoms with Crippen molar-refractivity contribution >= 4 is 23.3 Å². The lowest BCUT2D eigenvalue weighted by atomic mass is 10.2. The van der Waals surface area contributed by atoms with Crippen LogP contribution >= 0.6 is 0 Å². The average Bonchev–Trinajstić information content (AvgIpc) is 3.22. The van der Waals surface area contributed by atoms with Gasteiger partial charge in [-0.15, -0.1) is 0 Å². The number of nitro groups is 1. The van der Waals surface area contributed by atoms with E-state index in [9.17, 15) is 19.7 Å². The van der Waals surface area contributed by atoms with Crippen LogP contribution in [0.25, 0.3) is 0 Å². The van der Waals surface area contributed by atoms with E-state index in [1.165, 1.54) is 37.4 Å². The number of esters is 1. The number of ether oxygens (including phenoxy) is 2. The van der Waals surface area contributed by atoms with Crippen molar-refractivity contribution < 1.29 is 28.4 Å². The maximum Gasteiger partial charge on any atom is 0.373 e. The molecular formula is C20H16N2O7. The van der Waals surface area contributed by atoms with Gasteiger partial charge >= 0.3 is 5.97 Å². The topological polar surface area (TPSA) is 121 Å². The van der Waals surface area contributed by atoms with Gasteiger partial charge in [-0.05, 0) is 42.5 Å². The fraction of sp³-hybridized carbons (Fsp3) is 0.100. The van der Waals surface area contributed by atoms with Crippen LogP contribution in [0.5, 0.6) is 5.75 Å². The first-order valence-corrected chi connectivity index (χ1v) is 8.42. The highest BCUT2D eigenvalue weighted by atomic mass is 16.6. The van der Waals surface area contributed by atoms with Gasteiger partial charge in [0.1, 0.15) is 18.1 Å². The maximum absolute atomic E-state index is 12.3. The third-order valence-corrected chi connectivity index (χ3v) is 3.86. The first kappa shape index (κ1) is 19.6. The van der Waals surface area contributed by atoms with Crippen LogP contribution in [0, 0.1) is 10.1 Å². The summed E-state index contributed by atoms with van der Waals surface area (Å²) < 4.78 is 15.4. The molecule has 0 aliphatic rings. The summed E-state index contributed by atoms with van der Waals surface area (Å²) in [6.45, 7) is 0.108. The Morgan fingerprint density at radius 1 is 1.10 bits per heavy atom. The normalized spacial score (nSPS) is 10.2. The number of nitrogens with one attached hydrogen (secondary N) is 1. The third kappa shape index (κ3) is 4.98. The van der Waals surface area contributed by atoms with Gasteiger partial charge in [-0.2, -0.15) is 0 Å². The molecule has 1 amide bonds. The lowest BCUT2D eigenvalue weighted by Gasteiger charge is -2.08. The molecule has 9 heteroatoms. The SMILES string of the molecule is COC(=O)c1ccc(COc2ccc(NC(=O)c3cccc([N+](=O)[O-])c3)cc2)o1. The second-order valence-corrected chi connectivity index (χ2v) is 5.83. The quantitative estimate of drug-likeness (QED) is 0.366. The lowest BCUT2D eigenvalue weighted by molar-refractivity contribution is -0.384. The van der Waals surface area contributed by atoms with Crippen molar-refractivity contribution in [2.24, 2.45) is 0 Å². The fourth-order valence-electron chi connectivity index (χ4n) is 2.42. The molecule has 148 valence electrons. The number of nitrogens with zero attached hydrogens (tertiary/aromatic N) is 1. The van der Waals surface area contributed by atoms with E-state index in [4.69, 9.17) is 9.15 Å². The number of nitro benzene ring substituents is 1. The molecule has 29 heavy (non-hydrogen) atoms. The number of hydrogen-bond acceptors (Lipinski definition) is 7. The van der Waals surface area contributed by atoms with Gasteiger partial charge in [0.05, 0.1) is 12.0 Å². The summed E-state index contributed by atoms with van der Waals surface area (Å²) in [5.74, 6) is 0.0292. The van der Waals surface area contributed by atoms with Crippen LogP contribution in [0.1, 0.15) is 26.7 Å². The number of non-ortho nitro benzene ring substituents is 1. The molecule has 0 radical (unpaired) electrons. The van der Waals surface area contributed by atoms with Gasteiger partial charge in [0.25, 0.3) is 11.6 Å². The molecule has 0 unspecified atom stereocenters. The summed E-state index contributed by atoms with van der Waals surface area (Å²) in [5.41, 5.74) is 0.522. The number of carbonyl (C=O) groups excluding carboxylic acids is 2. The Balaban J connectivity index is 1.58. The van der Waals surface area contributed by atoms with Crippen molar-refractivity contribution in [2.75, 3.05) is 12.4 Å². The van der Waals surface area contributed by atoms with E-state index in [-0.39, 0.29) is 23.6 Å². The zero-order chi connectivity index (χ0) is 20.8. The minimum atomic E-state index is -0.569. The Morgan fingerprint density at radius 2 is 1.86 bits per heavy atom. The molecule has 3 rings (SSSR count). The van der Waals surface area contributed by atoms with E-state index in [2.05, 4.69) is 10.1 Å². The van der Waals surface area contributed by atoms with Crippen molar-refractivity contribution in [3.63, 3.8) is 0 Å². The second kappa shape index (κ2) is 8.70. The number of anilines is 1. The van der Waals surface area contributed by atoms with E-state index in [0.29, 0.717) is 17.2 Å². The Kier molecular flexibility index (Phi) is 5.88. The van der Waals surface area contributed by atoms with Crippen LogP contribution in [0.4, 0.5) is 11.4 Å². The number of amides is 1. The van der Waals surface area contributed by atoms with E-state index in [1.54, 1.807) is 30.3 Å². The van der Waals surface area contributed by atoms with E-state index in [0.717, 1.165) is 0 Å².